The van der Waals surface area contributed by atoms with Crippen molar-refractivity contribution >= 4 is 23.4 Å². The molecule has 9 nitrogen and oxygen atoms in total. The third-order valence-corrected chi connectivity index (χ3v) is 4.98. The molecule has 0 bridgehead atoms. The van der Waals surface area contributed by atoms with E-state index in [1.54, 1.807) is 46.5 Å². The normalized spacial score (nSPS) is 14.3. The van der Waals surface area contributed by atoms with Crippen LogP contribution in [0.2, 0.25) is 5.02 Å². The molecule has 1 saturated heterocycles. The largest absolute Gasteiger partial charge is 0.351 e. The molecule has 29 heavy (non-hydrogen) atoms. The van der Waals surface area contributed by atoms with Crippen molar-refractivity contribution in [3.63, 3.8) is 0 Å². The van der Waals surface area contributed by atoms with Gasteiger partial charge in [0.05, 0.1) is 11.4 Å². The number of carbonyl (C=O) groups excluding carboxylic acids is 2. The molecule has 1 aliphatic heterocycles. The summed E-state index contributed by atoms with van der Waals surface area (Å²) in [5.74, 6) is 0.455. The fraction of sp³-hybridized carbons (Fsp3) is 0.316. The lowest BCUT2D eigenvalue weighted by atomic mass is 10.2. The minimum absolute atomic E-state index is 0.128. The Morgan fingerprint density at radius 2 is 1.62 bits per heavy atom. The summed E-state index contributed by atoms with van der Waals surface area (Å²) in [6.07, 6.45) is 0. The Morgan fingerprint density at radius 1 is 1.00 bits per heavy atom. The number of piperazine rings is 1. The Morgan fingerprint density at radius 3 is 2.21 bits per heavy atom. The van der Waals surface area contributed by atoms with Crippen LogP contribution >= 0.6 is 11.6 Å². The SMILES string of the molecule is Cc1cc(C(=O)N2CCN(C(=O)c3nc(C)n(-c4ccc(Cl)cc4)n3)CC2)on1. The van der Waals surface area contributed by atoms with Crippen molar-refractivity contribution in [1.29, 1.82) is 0 Å². The Hall–Kier alpha value is -3.20. The van der Waals surface area contributed by atoms with Crippen molar-refractivity contribution in [3.05, 3.63) is 58.5 Å². The topological polar surface area (TPSA) is 97.4 Å². The first-order chi connectivity index (χ1) is 13.9. The van der Waals surface area contributed by atoms with E-state index in [1.165, 1.54) is 0 Å². The zero-order chi connectivity index (χ0) is 20.5. The summed E-state index contributed by atoms with van der Waals surface area (Å²) in [6, 6.07) is 8.75. The zero-order valence-corrected chi connectivity index (χ0v) is 16.8. The molecule has 4 rings (SSSR count). The number of aryl methyl sites for hydroxylation is 2. The van der Waals surface area contributed by atoms with E-state index >= 15 is 0 Å². The smallest absolute Gasteiger partial charge is 0.293 e. The van der Waals surface area contributed by atoms with Crippen LogP contribution in [0.5, 0.6) is 0 Å². The Labute approximate surface area is 171 Å². The minimum Gasteiger partial charge on any atom is -0.351 e. The molecule has 1 fully saturated rings. The van der Waals surface area contributed by atoms with Crippen molar-refractivity contribution in [2.24, 2.45) is 0 Å². The standard InChI is InChI=1S/C19H19ClN6O3/c1-12-11-16(29-23-12)18(27)24-7-9-25(10-8-24)19(28)17-21-13(2)26(22-17)15-5-3-14(20)4-6-15/h3-6,11H,7-10H2,1-2H3. The minimum atomic E-state index is -0.261. The molecule has 150 valence electrons. The van der Waals surface area contributed by atoms with Gasteiger partial charge in [-0.15, -0.1) is 5.10 Å². The third-order valence-electron chi connectivity index (χ3n) is 4.72. The fourth-order valence-corrected chi connectivity index (χ4v) is 3.31. The first-order valence-corrected chi connectivity index (χ1v) is 9.51. The summed E-state index contributed by atoms with van der Waals surface area (Å²) in [4.78, 5) is 32.9. The lowest BCUT2D eigenvalue weighted by Crippen LogP contribution is -2.50. The third kappa shape index (κ3) is 3.86. The number of nitrogens with zero attached hydrogens (tertiary/aromatic N) is 6. The lowest BCUT2D eigenvalue weighted by Gasteiger charge is -2.33. The predicted octanol–water partition coefficient (Wildman–Crippen LogP) is 2.12. The second kappa shape index (κ2) is 7.67. The van der Waals surface area contributed by atoms with Gasteiger partial charge < -0.3 is 14.3 Å². The van der Waals surface area contributed by atoms with E-state index in [-0.39, 0.29) is 23.4 Å². The van der Waals surface area contributed by atoms with Gasteiger partial charge in [0.2, 0.25) is 11.6 Å². The molecule has 10 heteroatoms. The highest BCUT2D eigenvalue weighted by Crippen LogP contribution is 2.16. The quantitative estimate of drug-likeness (QED) is 0.651. The fourth-order valence-electron chi connectivity index (χ4n) is 3.18. The van der Waals surface area contributed by atoms with Crippen molar-refractivity contribution in [3.8, 4) is 5.69 Å². The van der Waals surface area contributed by atoms with Crippen LogP contribution in [0.4, 0.5) is 0 Å². The van der Waals surface area contributed by atoms with Crippen LogP contribution in [-0.2, 0) is 0 Å². The number of halogens is 1. The second-order valence-electron chi connectivity index (χ2n) is 6.79. The molecule has 2 aromatic heterocycles. The Balaban J connectivity index is 1.43. The lowest BCUT2D eigenvalue weighted by molar-refractivity contribution is 0.0507. The van der Waals surface area contributed by atoms with E-state index in [0.29, 0.717) is 42.7 Å². The molecular weight excluding hydrogens is 396 g/mol. The van der Waals surface area contributed by atoms with Gasteiger partial charge in [-0.2, -0.15) is 0 Å². The summed E-state index contributed by atoms with van der Waals surface area (Å²) >= 11 is 5.93. The van der Waals surface area contributed by atoms with Crippen LogP contribution in [0.25, 0.3) is 5.69 Å². The van der Waals surface area contributed by atoms with Crippen molar-refractivity contribution < 1.29 is 14.1 Å². The van der Waals surface area contributed by atoms with Gasteiger partial charge in [-0.05, 0) is 38.1 Å². The number of rotatable bonds is 3. The van der Waals surface area contributed by atoms with Crippen LogP contribution in [0.15, 0.2) is 34.9 Å². The average molecular weight is 415 g/mol. The molecule has 0 saturated carbocycles. The maximum Gasteiger partial charge on any atom is 0.293 e. The molecule has 3 aromatic rings. The second-order valence-corrected chi connectivity index (χ2v) is 7.22. The van der Waals surface area contributed by atoms with Crippen molar-refractivity contribution in [1.82, 2.24) is 29.7 Å². The molecule has 0 aliphatic carbocycles. The van der Waals surface area contributed by atoms with Gasteiger partial charge in [-0.1, -0.05) is 16.8 Å². The van der Waals surface area contributed by atoms with E-state index in [1.807, 2.05) is 12.1 Å². The molecule has 0 spiro atoms. The van der Waals surface area contributed by atoms with Crippen LogP contribution < -0.4 is 0 Å². The molecule has 0 radical (unpaired) electrons. The highest BCUT2D eigenvalue weighted by Gasteiger charge is 2.29. The van der Waals surface area contributed by atoms with Gasteiger partial charge in [-0.25, -0.2) is 9.67 Å². The summed E-state index contributed by atoms with van der Waals surface area (Å²) in [5, 5.41) is 8.72. The van der Waals surface area contributed by atoms with Gasteiger partial charge in [0.15, 0.2) is 0 Å². The average Bonchev–Trinajstić information content (AvgIpc) is 3.33. The van der Waals surface area contributed by atoms with Crippen molar-refractivity contribution in [2.75, 3.05) is 26.2 Å². The van der Waals surface area contributed by atoms with Crippen LogP contribution in [0.3, 0.4) is 0 Å². The van der Waals surface area contributed by atoms with Crippen LogP contribution in [-0.4, -0.2) is 67.7 Å². The first kappa shape index (κ1) is 19.1. The number of hydrogen-bond donors (Lipinski definition) is 0. The summed E-state index contributed by atoms with van der Waals surface area (Å²) in [6.45, 7) is 5.14. The number of amides is 2. The van der Waals surface area contributed by atoms with Gasteiger partial charge in [-0.3, -0.25) is 9.59 Å². The first-order valence-electron chi connectivity index (χ1n) is 9.14. The van der Waals surface area contributed by atoms with Gasteiger partial charge in [0.25, 0.3) is 11.8 Å². The van der Waals surface area contributed by atoms with E-state index in [4.69, 9.17) is 16.1 Å². The maximum absolute atomic E-state index is 12.8. The zero-order valence-electron chi connectivity index (χ0n) is 16.0. The maximum atomic E-state index is 12.8. The predicted molar refractivity (Wildman–Crippen MR) is 104 cm³/mol. The van der Waals surface area contributed by atoms with E-state index in [2.05, 4.69) is 15.2 Å². The Bertz CT molecular complexity index is 1050. The van der Waals surface area contributed by atoms with Crippen LogP contribution in [0.1, 0.15) is 32.7 Å². The molecule has 0 unspecified atom stereocenters. The number of hydrogen-bond acceptors (Lipinski definition) is 6. The molecule has 1 aliphatic rings. The highest BCUT2D eigenvalue weighted by atomic mass is 35.5. The van der Waals surface area contributed by atoms with E-state index in [9.17, 15) is 9.59 Å². The molecule has 2 amide bonds. The monoisotopic (exact) mass is 414 g/mol. The van der Waals surface area contributed by atoms with Gasteiger partial charge in [0, 0.05) is 37.3 Å². The van der Waals surface area contributed by atoms with E-state index < -0.39 is 0 Å². The van der Waals surface area contributed by atoms with Gasteiger partial charge in [0.1, 0.15) is 5.82 Å². The van der Waals surface area contributed by atoms with Crippen LogP contribution in [0, 0.1) is 13.8 Å². The molecule has 0 atom stereocenters. The highest BCUT2D eigenvalue weighted by molar-refractivity contribution is 6.30. The summed E-state index contributed by atoms with van der Waals surface area (Å²) in [5.41, 5.74) is 1.43. The molecule has 1 aromatic carbocycles. The van der Waals surface area contributed by atoms with E-state index in [0.717, 1.165) is 5.69 Å². The molecular formula is C19H19ClN6O3. The molecule has 0 N–H and O–H groups in total. The number of benzene rings is 1. The van der Waals surface area contributed by atoms with Crippen molar-refractivity contribution in [2.45, 2.75) is 13.8 Å². The van der Waals surface area contributed by atoms with Gasteiger partial charge >= 0.3 is 0 Å². The summed E-state index contributed by atoms with van der Waals surface area (Å²) in [7, 11) is 0. The molecule has 3 heterocycles. The number of aromatic nitrogens is 4. The number of carbonyl (C=O) groups is 2. The Kier molecular flexibility index (Phi) is 5.06. The summed E-state index contributed by atoms with van der Waals surface area (Å²) < 4.78 is 6.64.